The average molecular weight is 335 g/mol. The molecule has 1 N–H and O–H groups in total. The van der Waals surface area contributed by atoms with Crippen molar-refractivity contribution in [3.63, 3.8) is 0 Å². The average Bonchev–Trinajstić information content (AvgIpc) is 2.97. The molecule has 1 amide bonds. The molecule has 1 aromatic heterocycles. The molecule has 0 spiro atoms. The van der Waals surface area contributed by atoms with Crippen molar-refractivity contribution in [2.24, 2.45) is 0 Å². The number of hydrogen-bond donors (Lipinski definition) is 1. The minimum absolute atomic E-state index is 0.136. The van der Waals surface area contributed by atoms with Crippen LogP contribution < -0.4 is 5.32 Å². The molecule has 0 atom stereocenters. The number of benzene rings is 2. The van der Waals surface area contributed by atoms with Gasteiger partial charge < -0.3 is 4.42 Å². The van der Waals surface area contributed by atoms with Crippen LogP contribution in [0, 0.1) is 20.8 Å². The van der Waals surface area contributed by atoms with Gasteiger partial charge in [-0.25, -0.2) is 0 Å². The van der Waals surface area contributed by atoms with Crippen LogP contribution in [0.15, 0.2) is 46.9 Å². The van der Waals surface area contributed by atoms with E-state index in [2.05, 4.69) is 47.6 Å². The number of nitrogens with zero attached hydrogens (tertiary/aromatic N) is 2. The van der Waals surface area contributed by atoms with Crippen molar-refractivity contribution in [3.05, 3.63) is 76.2 Å². The molecular weight excluding hydrogens is 314 g/mol. The van der Waals surface area contributed by atoms with E-state index < -0.39 is 0 Å². The van der Waals surface area contributed by atoms with Gasteiger partial charge in [-0.2, -0.15) is 0 Å². The molecule has 0 aliphatic heterocycles. The first-order chi connectivity index (χ1) is 12.0. The molecule has 0 aliphatic rings. The number of nitrogens with one attached hydrogen (secondary N) is 1. The highest BCUT2D eigenvalue weighted by Crippen LogP contribution is 2.16. The van der Waals surface area contributed by atoms with Crippen LogP contribution in [0.5, 0.6) is 0 Å². The van der Waals surface area contributed by atoms with Crippen LogP contribution in [-0.4, -0.2) is 16.1 Å². The molecule has 0 radical (unpaired) electrons. The van der Waals surface area contributed by atoms with E-state index in [4.69, 9.17) is 4.42 Å². The van der Waals surface area contributed by atoms with E-state index >= 15 is 0 Å². The molecule has 5 heteroatoms. The number of hydrogen-bond acceptors (Lipinski definition) is 4. The van der Waals surface area contributed by atoms with Crippen LogP contribution in [0.2, 0.25) is 0 Å². The van der Waals surface area contributed by atoms with Gasteiger partial charge in [-0.05, 0) is 37.5 Å². The normalized spacial score (nSPS) is 10.7. The molecule has 0 unspecified atom stereocenters. The monoisotopic (exact) mass is 335 g/mol. The summed E-state index contributed by atoms with van der Waals surface area (Å²) in [6.45, 7) is 6.12. The third kappa shape index (κ3) is 4.53. The summed E-state index contributed by atoms with van der Waals surface area (Å²) in [4.78, 5) is 12.1. The molecular formula is C20H21N3O2. The topological polar surface area (TPSA) is 68.0 Å². The van der Waals surface area contributed by atoms with Crippen molar-refractivity contribution >= 4 is 11.9 Å². The van der Waals surface area contributed by atoms with Gasteiger partial charge in [0.15, 0.2) is 0 Å². The minimum atomic E-state index is -0.174. The Labute approximate surface area is 147 Å². The Morgan fingerprint density at radius 2 is 1.84 bits per heavy atom. The summed E-state index contributed by atoms with van der Waals surface area (Å²) < 4.78 is 5.55. The van der Waals surface area contributed by atoms with E-state index in [-0.39, 0.29) is 18.3 Å². The maximum atomic E-state index is 12.1. The van der Waals surface area contributed by atoms with Crippen molar-refractivity contribution in [1.82, 2.24) is 10.2 Å². The Morgan fingerprint density at radius 3 is 2.60 bits per heavy atom. The van der Waals surface area contributed by atoms with Gasteiger partial charge >= 0.3 is 6.01 Å². The third-order valence-electron chi connectivity index (χ3n) is 4.00. The van der Waals surface area contributed by atoms with Crippen molar-refractivity contribution in [1.29, 1.82) is 0 Å². The number of anilines is 1. The molecule has 0 saturated heterocycles. The summed E-state index contributed by atoms with van der Waals surface area (Å²) in [5.74, 6) is 0.310. The summed E-state index contributed by atoms with van der Waals surface area (Å²) in [5.41, 5.74) is 5.61. The number of rotatable bonds is 5. The largest absolute Gasteiger partial charge is 0.407 e. The molecule has 2 aromatic carbocycles. The SMILES string of the molecule is Cc1cccc(CC(=O)Nc2nnc(Cc3ccc(C)cc3C)o2)c1. The van der Waals surface area contributed by atoms with Crippen molar-refractivity contribution in [2.45, 2.75) is 33.6 Å². The van der Waals surface area contributed by atoms with Crippen LogP contribution in [0.25, 0.3) is 0 Å². The zero-order valence-electron chi connectivity index (χ0n) is 14.7. The third-order valence-corrected chi connectivity index (χ3v) is 4.00. The molecule has 3 rings (SSSR count). The fraction of sp³-hybridized carbons (Fsp3) is 0.250. The van der Waals surface area contributed by atoms with E-state index in [9.17, 15) is 4.79 Å². The highest BCUT2D eigenvalue weighted by atomic mass is 16.4. The smallest absolute Gasteiger partial charge is 0.322 e. The van der Waals surface area contributed by atoms with Gasteiger partial charge in [-0.3, -0.25) is 10.1 Å². The molecule has 25 heavy (non-hydrogen) atoms. The van der Waals surface area contributed by atoms with Crippen LogP contribution in [0.3, 0.4) is 0 Å². The fourth-order valence-corrected chi connectivity index (χ4v) is 2.75. The Kier molecular flexibility index (Phi) is 4.93. The number of aromatic nitrogens is 2. The second-order valence-corrected chi connectivity index (χ2v) is 6.32. The minimum Gasteiger partial charge on any atom is -0.407 e. The van der Waals surface area contributed by atoms with E-state index in [0.29, 0.717) is 12.3 Å². The highest BCUT2D eigenvalue weighted by Gasteiger charge is 2.12. The maximum absolute atomic E-state index is 12.1. The lowest BCUT2D eigenvalue weighted by atomic mass is 10.0. The zero-order chi connectivity index (χ0) is 17.8. The van der Waals surface area contributed by atoms with E-state index in [1.165, 1.54) is 11.1 Å². The lowest BCUT2D eigenvalue weighted by molar-refractivity contribution is -0.115. The second-order valence-electron chi connectivity index (χ2n) is 6.32. The maximum Gasteiger partial charge on any atom is 0.322 e. The second kappa shape index (κ2) is 7.30. The van der Waals surface area contributed by atoms with Crippen molar-refractivity contribution < 1.29 is 9.21 Å². The first-order valence-electron chi connectivity index (χ1n) is 8.23. The molecule has 3 aromatic rings. The van der Waals surface area contributed by atoms with Crippen LogP contribution in [-0.2, 0) is 17.6 Å². The number of carbonyl (C=O) groups excluding carboxylic acids is 1. The summed E-state index contributed by atoms with van der Waals surface area (Å²) in [7, 11) is 0. The lowest BCUT2D eigenvalue weighted by Gasteiger charge is -2.04. The van der Waals surface area contributed by atoms with Crippen LogP contribution in [0.4, 0.5) is 6.01 Å². The van der Waals surface area contributed by atoms with Crippen molar-refractivity contribution in [3.8, 4) is 0 Å². The van der Waals surface area contributed by atoms with Gasteiger partial charge in [0.25, 0.3) is 0 Å². The first-order valence-corrected chi connectivity index (χ1v) is 8.23. The Hall–Kier alpha value is -2.95. The van der Waals surface area contributed by atoms with Gasteiger partial charge in [-0.15, -0.1) is 5.10 Å². The Morgan fingerprint density at radius 1 is 1.04 bits per heavy atom. The van der Waals surface area contributed by atoms with E-state index in [1.807, 2.05) is 31.2 Å². The predicted molar refractivity (Wildman–Crippen MR) is 96.5 cm³/mol. The molecule has 128 valence electrons. The molecule has 0 saturated carbocycles. The van der Waals surface area contributed by atoms with Crippen LogP contribution in [0.1, 0.15) is 33.7 Å². The molecule has 0 bridgehead atoms. The molecule has 1 heterocycles. The number of aryl methyl sites for hydroxylation is 3. The van der Waals surface area contributed by atoms with Gasteiger partial charge in [0.1, 0.15) is 0 Å². The number of amides is 1. The van der Waals surface area contributed by atoms with Gasteiger partial charge in [0, 0.05) is 0 Å². The van der Waals surface area contributed by atoms with Gasteiger partial charge in [0.05, 0.1) is 12.8 Å². The zero-order valence-corrected chi connectivity index (χ0v) is 14.7. The molecule has 0 aliphatic carbocycles. The van der Waals surface area contributed by atoms with Crippen molar-refractivity contribution in [2.75, 3.05) is 5.32 Å². The summed E-state index contributed by atoms with van der Waals surface area (Å²) in [6, 6.07) is 14.2. The Bertz CT molecular complexity index is 899. The fourth-order valence-electron chi connectivity index (χ4n) is 2.75. The van der Waals surface area contributed by atoms with E-state index in [0.717, 1.165) is 16.7 Å². The molecule has 5 nitrogen and oxygen atoms in total. The number of carbonyl (C=O) groups is 1. The summed E-state index contributed by atoms with van der Waals surface area (Å²) >= 11 is 0. The highest BCUT2D eigenvalue weighted by molar-refractivity contribution is 5.90. The van der Waals surface area contributed by atoms with Gasteiger partial charge in [-0.1, -0.05) is 58.7 Å². The van der Waals surface area contributed by atoms with Gasteiger partial charge in [0.2, 0.25) is 11.8 Å². The summed E-state index contributed by atoms with van der Waals surface area (Å²) in [6.07, 6.45) is 0.823. The standard InChI is InChI=1S/C20H21N3O2/c1-13-5-4-6-16(10-13)11-18(24)21-20-23-22-19(25-20)12-17-8-7-14(2)9-15(17)3/h4-10H,11-12H2,1-3H3,(H,21,23,24). The van der Waals surface area contributed by atoms with E-state index in [1.54, 1.807) is 0 Å². The van der Waals surface area contributed by atoms with Crippen LogP contribution >= 0.6 is 0 Å². The quantitative estimate of drug-likeness (QED) is 0.771. The Balaban J connectivity index is 1.62. The summed E-state index contributed by atoms with van der Waals surface area (Å²) in [5, 5.41) is 10.6. The lowest BCUT2D eigenvalue weighted by Crippen LogP contribution is -2.14. The first kappa shape index (κ1) is 16.9. The molecule has 0 fully saturated rings. The predicted octanol–water partition coefficient (Wildman–Crippen LogP) is 3.77.